The highest BCUT2D eigenvalue weighted by Gasteiger charge is 2.32. The Hall–Kier alpha value is -2.52. The fourth-order valence-corrected chi connectivity index (χ4v) is 5.93. The van der Waals surface area contributed by atoms with Crippen molar-refractivity contribution in [2.75, 3.05) is 19.7 Å². The third kappa shape index (κ3) is 6.79. The van der Waals surface area contributed by atoms with Crippen LogP contribution in [0.5, 0.6) is 0 Å². The van der Waals surface area contributed by atoms with Crippen LogP contribution >= 0.6 is 0 Å². The topological polar surface area (TPSA) is 95.9 Å². The van der Waals surface area contributed by atoms with Crippen molar-refractivity contribution in [3.63, 3.8) is 0 Å². The molecule has 188 valence electrons. The SMILES string of the molecule is Cc1ccc(S(=O)(=O)N[C@H]2C=C[C@@H](CC(=O)N3CCC(Cc4ccccc4)CC3)O[C@H]2CO)cc1. The lowest BCUT2D eigenvalue weighted by molar-refractivity contribution is -0.136. The van der Waals surface area contributed by atoms with Crippen LogP contribution in [0.1, 0.15) is 30.4 Å². The fourth-order valence-electron chi connectivity index (χ4n) is 4.71. The number of aryl methyl sites for hydroxylation is 1. The number of ether oxygens (including phenoxy) is 1. The number of rotatable bonds is 8. The molecule has 2 N–H and O–H groups in total. The number of hydrogen-bond donors (Lipinski definition) is 2. The second kappa shape index (κ2) is 11.5. The number of likely N-dealkylation sites (tertiary alicyclic amines) is 1. The van der Waals surface area contributed by atoms with Gasteiger partial charge in [-0.25, -0.2) is 13.1 Å². The molecule has 2 aromatic rings. The molecule has 1 amide bonds. The minimum Gasteiger partial charge on any atom is -0.394 e. The van der Waals surface area contributed by atoms with Crippen molar-refractivity contribution < 1.29 is 23.1 Å². The summed E-state index contributed by atoms with van der Waals surface area (Å²) in [7, 11) is -3.77. The monoisotopic (exact) mass is 498 g/mol. The molecule has 7 nitrogen and oxygen atoms in total. The average molecular weight is 499 g/mol. The lowest BCUT2D eigenvalue weighted by Crippen LogP contribution is -2.49. The van der Waals surface area contributed by atoms with Gasteiger partial charge in [0.05, 0.1) is 30.1 Å². The summed E-state index contributed by atoms with van der Waals surface area (Å²) in [6.07, 6.45) is 5.29. The molecule has 2 aromatic carbocycles. The second-order valence-electron chi connectivity index (χ2n) is 9.46. The summed E-state index contributed by atoms with van der Waals surface area (Å²) in [5, 5.41) is 9.83. The van der Waals surface area contributed by atoms with Crippen molar-refractivity contribution in [3.05, 3.63) is 77.9 Å². The maximum Gasteiger partial charge on any atom is 0.241 e. The number of nitrogens with one attached hydrogen (secondary N) is 1. The Balaban J connectivity index is 1.29. The number of aliphatic hydroxyl groups is 1. The first-order chi connectivity index (χ1) is 16.8. The van der Waals surface area contributed by atoms with Crippen LogP contribution in [-0.4, -0.2) is 62.3 Å². The van der Waals surface area contributed by atoms with Gasteiger partial charge in [-0.2, -0.15) is 0 Å². The number of piperidine rings is 1. The summed E-state index contributed by atoms with van der Waals surface area (Å²) in [4.78, 5) is 14.9. The molecule has 2 heterocycles. The third-order valence-electron chi connectivity index (χ3n) is 6.80. The van der Waals surface area contributed by atoms with Crippen molar-refractivity contribution in [1.29, 1.82) is 0 Å². The highest BCUT2D eigenvalue weighted by Crippen LogP contribution is 2.24. The van der Waals surface area contributed by atoms with E-state index in [4.69, 9.17) is 4.74 Å². The van der Waals surface area contributed by atoms with Crippen molar-refractivity contribution >= 4 is 15.9 Å². The van der Waals surface area contributed by atoms with Crippen LogP contribution in [0.25, 0.3) is 0 Å². The molecule has 2 aliphatic heterocycles. The van der Waals surface area contributed by atoms with Gasteiger partial charge in [0.1, 0.15) is 6.10 Å². The van der Waals surface area contributed by atoms with Crippen molar-refractivity contribution in [2.45, 2.75) is 55.8 Å². The highest BCUT2D eigenvalue weighted by molar-refractivity contribution is 7.89. The molecule has 3 atom stereocenters. The molecular formula is C27H34N2O5S. The summed E-state index contributed by atoms with van der Waals surface area (Å²) < 4.78 is 34.0. The predicted molar refractivity (Wildman–Crippen MR) is 134 cm³/mol. The molecule has 0 bridgehead atoms. The van der Waals surface area contributed by atoms with Crippen LogP contribution in [0.2, 0.25) is 0 Å². The van der Waals surface area contributed by atoms with Gasteiger partial charge in [0.2, 0.25) is 15.9 Å². The predicted octanol–water partition coefficient (Wildman–Crippen LogP) is 2.83. The maximum absolute atomic E-state index is 12.9. The van der Waals surface area contributed by atoms with Gasteiger partial charge in [0.25, 0.3) is 0 Å². The molecule has 1 saturated heterocycles. The first-order valence-corrected chi connectivity index (χ1v) is 13.7. The van der Waals surface area contributed by atoms with Gasteiger partial charge in [-0.15, -0.1) is 0 Å². The van der Waals surface area contributed by atoms with E-state index in [0.717, 1.165) is 37.9 Å². The third-order valence-corrected chi connectivity index (χ3v) is 8.27. The molecule has 1 fully saturated rings. The van der Waals surface area contributed by atoms with Crippen molar-refractivity contribution in [1.82, 2.24) is 9.62 Å². The number of sulfonamides is 1. The number of amides is 1. The fraction of sp³-hybridized carbons (Fsp3) is 0.444. The van der Waals surface area contributed by atoms with E-state index in [-0.39, 0.29) is 23.8 Å². The van der Waals surface area contributed by atoms with E-state index in [1.165, 1.54) is 5.56 Å². The Morgan fingerprint density at radius 3 is 2.40 bits per heavy atom. The van der Waals surface area contributed by atoms with E-state index in [2.05, 4.69) is 29.0 Å². The van der Waals surface area contributed by atoms with Crippen LogP contribution in [0, 0.1) is 12.8 Å². The zero-order valence-corrected chi connectivity index (χ0v) is 20.9. The Morgan fingerprint density at radius 2 is 1.74 bits per heavy atom. The van der Waals surface area contributed by atoms with Gasteiger partial charge in [0.15, 0.2) is 0 Å². The van der Waals surface area contributed by atoms with Gasteiger partial charge in [0, 0.05) is 13.1 Å². The van der Waals surface area contributed by atoms with Crippen molar-refractivity contribution in [3.8, 4) is 0 Å². The Morgan fingerprint density at radius 1 is 1.06 bits per heavy atom. The summed E-state index contributed by atoms with van der Waals surface area (Å²) in [5.74, 6) is 0.599. The Labute approximate surface area is 207 Å². The molecule has 4 rings (SSSR count). The van der Waals surface area contributed by atoms with Crippen molar-refractivity contribution in [2.24, 2.45) is 5.92 Å². The minimum absolute atomic E-state index is 0.0215. The van der Waals surface area contributed by atoms with Gasteiger partial charge < -0.3 is 14.7 Å². The normalized spacial score (nSPS) is 23.4. The summed E-state index contributed by atoms with van der Waals surface area (Å²) in [6, 6.07) is 16.3. The van der Waals surface area contributed by atoms with Crippen LogP contribution in [0.3, 0.4) is 0 Å². The number of hydrogen-bond acceptors (Lipinski definition) is 5. The van der Waals surface area contributed by atoms with Gasteiger partial charge in [-0.3, -0.25) is 4.79 Å². The highest BCUT2D eigenvalue weighted by atomic mass is 32.2. The molecule has 35 heavy (non-hydrogen) atoms. The van der Waals surface area contributed by atoms with E-state index in [9.17, 15) is 18.3 Å². The molecule has 0 radical (unpaired) electrons. The van der Waals surface area contributed by atoms with Crippen LogP contribution in [0.15, 0.2) is 71.6 Å². The summed E-state index contributed by atoms with van der Waals surface area (Å²) >= 11 is 0. The van der Waals surface area contributed by atoms with Gasteiger partial charge in [-0.05, 0) is 49.8 Å². The standard InChI is InChI=1S/C27H34N2O5S/c1-20-7-10-24(11-8-20)35(32,33)28-25-12-9-23(34-26(25)19-30)18-27(31)29-15-13-22(14-16-29)17-21-5-3-2-4-6-21/h2-12,22-23,25-26,28,30H,13-19H2,1H3/t23-,25-,26-/m0/s1. The lowest BCUT2D eigenvalue weighted by Gasteiger charge is -2.35. The smallest absolute Gasteiger partial charge is 0.241 e. The van der Waals surface area contributed by atoms with E-state index in [1.54, 1.807) is 36.4 Å². The number of nitrogens with zero attached hydrogens (tertiary/aromatic N) is 1. The van der Waals surface area contributed by atoms with Crippen LogP contribution in [-0.2, 0) is 26.0 Å². The minimum atomic E-state index is -3.77. The zero-order valence-electron chi connectivity index (χ0n) is 20.0. The van der Waals surface area contributed by atoms with Gasteiger partial charge in [-0.1, -0.05) is 60.2 Å². The number of carbonyl (C=O) groups excluding carboxylic acids is 1. The molecule has 2 aliphatic rings. The van der Waals surface area contributed by atoms with Crippen LogP contribution in [0.4, 0.5) is 0 Å². The van der Waals surface area contributed by atoms with E-state index in [1.807, 2.05) is 17.9 Å². The van der Waals surface area contributed by atoms with E-state index >= 15 is 0 Å². The zero-order chi connectivity index (χ0) is 24.8. The molecule has 0 unspecified atom stereocenters. The quantitative estimate of drug-likeness (QED) is 0.546. The first-order valence-electron chi connectivity index (χ1n) is 12.2. The van der Waals surface area contributed by atoms with E-state index < -0.39 is 28.3 Å². The average Bonchev–Trinajstić information content (AvgIpc) is 2.86. The Kier molecular flexibility index (Phi) is 8.38. The molecule has 8 heteroatoms. The Bertz CT molecular complexity index is 1110. The molecular weight excluding hydrogens is 464 g/mol. The maximum atomic E-state index is 12.9. The largest absolute Gasteiger partial charge is 0.394 e. The van der Waals surface area contributed by atoms with Crippen LogP contribution < -0.4 is 4.72 Å². The molecule has 0 spiro atoms. The first kappa shape index (κ1) is 25.6. The van der Waals surface area contributed by atoms with Gasteiger partial charge >= 0.3 is 0 Å². The summed E-state index contributed by atoms with van der Waals surface area (Å²) in [5.41, 5.74) is 2.30. The molecule has 0 aromatic heterocycles. The van der Waals surface area contributed by atoms with E-state index in [0.29, 0.717) is 5.92 Å². The number of carbonyl (C=O) groups is 1. The molecule has 0 saturated carbocycles. The number of aliphatic hydroxyl groups excluding tert-OH is 1. The number of benzene rings is 2. The molecule has 0 aliphatic carbocycles. The second-order valence-corrected chi connectivity index (χ2v) is 11.2. The lowest BCUT2D eigenvalue weighted by atomic mass is 9.90. The summed E-state index contributed by atoms with van der Waals surface area (Å²) in [6.45, 7) is 2.99.